The molecule has 0 saturated carbocycles. The molecule has 0 heterocycles. The Morgan fingerprint density at radius 1 is 0.654 bits per heavy atom. The minimum absolute atomic E-state index is 0.263. The first-order chi connectivity index (χ1) is 12.4. The van der Waals surface area contributed by atoms with Crippen LogP contribution in [0.1, 0.15) is 20.8 Å². The van der Waals surface area contributed by atoms with Crippen LogP contribution in [-0.2, 0) is 0 Å². The molecule has 1 N–H and O–H groups in total. The van der Waals surface area contributed by atoms with Crippen LogP contribution >= 0.6 is 0 Å². The number of aromatic hydroxyl groups is 1. The van der Waals surface area contributed by atoms with E-state index in [9.17, 15) is 5.11 Å². The summed E-state index contributed by atoms with van der Waals surface area (Å²) in [5.74, 6) is 1.04. The minimum Gasteiger partial charge on any atom is -0.507 e. The fraction of sp³-hybridized carbons (Fsp3) is 0.167. The van der Waals surface area contributed by atoms with Gasteiger partial charge in [0.05, 0.1) is 0 Å². The molecular formula is C24H22O2. The number of rotatable bonds is 2. The third-order valence-corrected chi connectivity index (χ3v) is 4.46. The van der Waals surface area contributed by atoms with Gasteiger partial charge in [-0.25, -0.2) is 0 Å². The van der Waals surface area contributed by atoms with Gasteiger partial charge in [0.1, 0.15) is 17.1 Å². The van der Waals surface area contributed by atoms with Gasteiger partial charge in [0, 0.05) is 11.1 Å². The fourth-order valence-corrected chi connectivity index (χ4v) is 3.45. The summed E-state index contributed by atoms with van der Waals surface area (Å²) in [6, 6.07) is 24.1. The second-order valence-corrected chi connectivity index (χ2v) is 7.56. The summed E-state index contributed by atoms with van der Waals surface area (Å²) in [5.41, 5.74) is 1.42. The Bertz CT molecular complexity index is 1100. The molecule has 2 nitrogen and oxygen atoms in total. The second kappa shape index (κ2) is 6.06. The highest BCUT2D eigenvalue weighted by atomic mass is 16.5. The Hall–Kier alpha value is -3.00. The van der Waals surface area contributed by atoms with Crippen LogP contribution in [0.4, 0.5) is 0 Å². The zero-order chi connectivity index (χ0) is 18.3. The summed E-state index contributed by atoms with van der Waals surface area (Å²) in [4.78, 5) is 0. The normalized spacial score (nSPS) is 11.8. The smallest absolute Gasteiger partial charge is 0.128 e. The quantitative estimate of drug-likeness (QED) is 0.448. The van der Waals surface area contributed by atoms with Gasteiger partial charge in [-0.15, -0.1) is 0 Å². The Morgan fingerprint density at radius 2 is 1.19 bits per heavy atom. The van der Waals surface area contributed by atoms with E-state index in [1.807, 2.05) is 63.2 Å². The van der Waals surface area contributed by atoms with Crippen molar-refractivity contribution in [3.63, 3.8) is 0 Å². The van der Waals surface area contributed by atoms with E-state index < -0.39 is 0 Å². The zero-order valence-corrected chi connectivity index (χ0v) is 15.3. The molecule has 0 atom stereocenters. The zero-order valence-electron chi connectivity index (χ0n) is 15.3. The predicted octanol–water partition coefficient (Wildman–Crippen LogP) is 6.54. The topological polar surface area (TPSA) is 29.5 Å². The van der Waals surface area contributed by atoms with E-state index in [1.165, 1.54) is 0 Å². The molecule has 0 aliphatic rings. The van der Waals surface area contributed by atoms with Crippen molar-refractivity contribution in [1.29, 1.82) is 0 Å². The van der Waals surface area contributed by atoms with Crippen LogP contribution < -0.4 is 4.74 Å². The molecule has 0 saturated heterocycles. The molecule has 4 aromatic carbocycles. The average Bonchev–Trinajstić information content (AvgIpc) is 2.61. The first kappa shape index (κ1) is 16.5. The number of fused-ring (bicyclic) bond motifs is 2. The third-order valence-electron chi connectivity index (χ3n) is 4.46. The van der Waals surface area contributed by atoms with Crippen LogP contribution in [0, 0.1) is 0 Å². The summed E-state index contributed by atoms with van der Waals surface area (Å²) in [7, 11) is 0. The van der Waals surface area contributed by atoms with Gasteiger partial charge in [0.2, 0.25) is 0 Å². The van der Waals surface area contributed by atoms with Crippen molar-refractivity contribution in [2.45, 2.75) is 26.4 Å². The molecular weight excluding hydrogens is 320 g/mol. The molecule has 26 heavy (non-hydrogen) atoms. The molecule has 4 aromatic rings. The van der Waals surface area contributed by atoms with E-state index in [0.717, 1.165) is 38.4 Å². The molecule has 2 heteroatoms. The van der Waals surface area contributed by atoms with Gasteiger partial charge in [-0.2, -0.15) is 0 Å². The molecule has 130 valence electrons. The Morgan fingerprint density at radius 3 is 1.81 bits per heavy atom. The highest BCUT2D eigenvalue weighted by Crippen LogP contribution is 2.45. The predicted molar refractivity (Wildman–Crippen MR) is 109 cm³/mol. The summed E-state index contributed by atoms with van der Waals surface area (Å²) < 4.78 is 6.29. The van der Waals surface area contributed by atoms with Crippen molar-refractivity contribution in [2.75, 3.05) is 0 Å². The van der Waals surface area contributed by atoms with E-state index >= 15 is 0 Å². The van der Waals surface area contributed by atoms with Gasteiger partial charge in [-0.3, -0.25) is 0 Å². The highest BCUT2D eigenvalue weighted by Gasteiger charge is 2.21. The minimum atomic E-state index is -0.336. The molecule has 0 bridgehead atoms. The maximum Gasteiger partial charge on any atom is 0.128 e. The van der Waals surface area contributed by atoms with Crippen molar-refractivity contribution in [1.82, 2.24) is 0 Å². The molecule has 0 radical (unpaired) electrons. The maximum absolute atomic E-state index is 10.8. The van der Waals surface area contributed by atoms with Gasteiger partial charge in [0.25, 0.3) is 0 Å². The lowest BCUT2D eigenvalue weighted by Crippen LogP contribution is -2.23. The van der Waals surface area contributed by atoms with Crippen LogP contribution in [-0.4, -0.2) is 10.7 Å². The summed E-state index contributed by atoms with van der Waals surface area (Å²) in [5, 5.41) is 15.1. The summed E-state index contributed by atoms with van der Waals surface area (Å²) >= 11 is 0. The number of hydrogen-bond donors (Lipinski definition) is 1. The van der Waals surface area contributed by atoms with E-state index in [0.29, 0.717) is 0 Å². The van der Waals surface area contributed by atoms with Crippen molar-refractivity contribution in [3.8, 4) is 22.6 Å². The van der Waals surface area contributed by atoms with E-state index in [4.69, 9.17) is 4.74 Å². The lowest BCUT2D eigenvalue weighted by Gasteiger charge is -2.25. The van der Waals surface area contributed by atoms with Crippen LogP contribution in [0.25, 0.3) is 32.7 Å². The Labute approximate surface area is 153 Å². The highest BCUT2D eigenvalue weighted by molar-refractivity contribution is 6.09. The largest absolute Gasteiger partial charge is 0.507 e. The standard InChI is InChI=1S/C24H22O2/c1-24(2,3)26-21-15-13-17-9-5-7-11-19(17)23(21)22-18-10-6-4-8-16(18)12-14-20(22)25/h4-15,25H,1-3H3. The van der Waals surface area contributed by atoms with Crippen LogP contribution in [0.2, 0.25) is 0 Å². The molecule has 0 fully saturated rings. The molecule has 0 aliphatic heterocycles. The molecule has 0 amide bonds. The van der Waals surface area contributed by atoms with Crippen LogP contribution in [0.5, 0.6) is 11.5 Å². The maximum atomic E-state index is 10.8. The van der Waals surface area contributed by atoms with Gasteiger partial charge in [0.15, 0.2) is 0 Å². The SMILES string of the molecule is CC(C)(C)Oc1ccc2ccccc2c1-c1c(O)ccc2ccccc12. The van der Waals surface area contributed by atoms with E-state index in [2.05, 4.69) is 24.3 Å². The number of benzene rings is 4. The first-order valence-electron chi connectivity index (χ1n) is 8.86. The molecule has 0 aliphatic carbocycles. The number of ether oxygens (including phenoxy) is 1. The molecule has 0 aromatic heterocycles. The molecule has 0 unspecified atom stereocenters. The second-order valence-electron chi connectivity index (χ2n) is 7.56. The Kier molecular flexibility index (Phi) is 3.84. The first-order valence-corrected chi connectivity index (χ1v) is 8.86. The lowest BCUT2D eigenvalue weighted by atomic mass is 9.92. The number of phenols is 1. The fourth-order valence-electron chi connectivity index (χ4n) is 3.45. The number of phenolic OH excluding ortho intramolecular Hbond substituents is 1. The van der Waals surface area contributed by atoms with E-state index in [-0.39, 0.29) is 11.4 Å². The Balaban J connectivity index is 2.14. The van der Waals surface area contributed by atoms with Crippen LogP contribution in [0.3, 0.4) is 0 Å². The van der Waals surface area contributed by atoms with Crippen molar-refractivity contribution < 1.29 is 9.84 Å². The van der Waals surface area contributed by atoms with Gasteiger partial charge >= 0.3 is 0 Å². The van der Waals surface area contributed by atoms with Crippen molar-refractivity contribution >= 4 is 21.5 Å². The van der Waals surface area contributed by atoms with E-state index in [1.54, 1.807) is 6.07 Å². The van der Waals surface area contributed by atoms with Crippen molar-refractivity contribution in [2.24, 2.45) is 0 Å². The summed E-state index contributed by atoms with van der Waals surface area (Å²) in [6.45, 7) is 6.11. The molecule has 0 spiro atoms. The van der Waals surface area contributed by atoms with Gasteiger partial charge in [-0.1, -0.05) is 60.7 Å². The lowest BCUT2D eigenvalue weighted by molar-refractivity contribution is 0.132. The van der Waals surface area contributed by atoms with Crippen LogP contribution in [0.15, 0.2) is 72.8 Å². The van der Waals surface area contributed by atoms with Gasteiger partial charge < -0.3 is 9.84 Å². The van der Waals surface area contributed by atoms with Gasteiger partial charge in [-0.05, 0) is 54.4 Å². The summed E-state index contributed by atoms with van der Waals surface area (Å²) in [6.07, 6.45) is 0. The van der Waals surface area contributed by atoms with Crippen molar-refractivity contribution in [3.05, 3.63) is 72.8 Å². The molecule has 4 rings (SSSR count). The monoisotopic (exact) mass is 342 g/mol. The third kappa shape index (κ3) is 2.88. The number of hydrogen-bond acceptors (Lipinski definition) is 2. The average molecular weight is 342 g/mol.